The second kappa shape index (κ2) is 6.18. The normalized spacial score (nSPS) is 12.4. The topological polar surface area (TPSA) is 30.7 Å². The number of rotatable bonds is 6. The minimum absolute atomic E-state index is 0.427. The molecule has 0 aliphatic rings. The van der Waals surface area contributed by atoms with Crippen LogP contribution in [0.25, 0.3) is 0 Å². The third-order valence-electron chi connectivity index (χ3n) is 2.98. The molecular formula is C14H27N3. The zero-order valence-corrected chi connectivity index (χ0v) is 12.0. The summed E-state index contributed by atoms with van der Waals surface area (Å²) in [4.78, 5) is 0. The summed E-state index contributed by atoms with van der Waals surface area (Å²) < 4.78 is 2.07. The zero-order chi connectivity index (χ0) is 12.9. The second-order valence-electron chi connectivity index (χ2n) is 6.55. The fraction of sp³-hybridized carbons (Fsp3) is 0.857. The molecule has 3 nitrogen and oxygen atoms in total. The van der Waals surface area contributed by atoms with Crippen LogP contribution in [-0.4, -0.2) is 15.0 Å². The number of aryl methyl sites for hydroxylation is 2. The van der Waals surface area contributed by atoms with Gasteiger partial charge in [0.05, 0.1) is 11.9 Å². The molecule has 0 unspecified atom stereocenters. The molecule has 1 aromatic rings. The quantitative estimate of drug-likeness (QED) is 0.755. The lowest BCUT2D eigenvalue weighted by Gasteiger charge is -2.17. The van der Waals surface area contributed by atoms with Gasteiger partial charge in [-0.05, 0) is 37.0 Å². The maximum atomic E-state index is 4.17. The Balaban J connectivity index is 2.40. The van der Waals surface area contributed by atoms with Crippen LogP contribution < -0.4 is 0 Å². The van der Waals surface area contributed by atoms with Crippen LogP contribution >= 0.6 is 0 Å². The molecule has 0 saturated heterocycles. The highest BCUT2D eigenvalue weighted by Crippen LogP contribution is 2.21. The van der Waals surface area contributed by atoms with E-state index in [-0.39, 0.29) is 0 Å². The third-order valence-corrected chi connectivity index (χ3v) is 2.98. The van der Waals surface area contributed by atoms with Gasteiger partial charge in [-0.25, -0.2) is 4.68 Å². The molecule has 0 aliphatic carbocycles. The number of hydrogen-bond acceptors (Lipinski definition) is 2. The van der Waals surface area contributed by atoms with Gasteiger partial charge in [-0.1, -0.05) is 39.8 Å². The van der Waals surface area contributed by atoms with Gasteiger partial charge >= 0.3 is 0 Å². The van der Waals surface area contributed by atoms with Crippen molar-refractivity contribution in [3.05, 3.63) is 11.9 Å². The Kier molecular flexibility index (Phi) is 5.16. The van der Waals surface area contributed by atoms with Crippen molar-refractivity contribution in [3.8, 4) is 0 Å². The summed E-state index contributed by atoms with van der Waals surface area (Å²) in [5.41, 5.74) is 1.71. The summed E-state index contributed by atoms with van der Waals surface area (Å²) >= 11 is 0. The number of hydrogen-bond donors (Lipinski definition) is 0. The number of nitrogens with zero attached hydrogens (tertiary/aromatic N) is 3. The standard InChI is InChI=1S/C14H27N3/c1-12(2)8-10-17-13(11-15-16-17)7-6-9-14(3,4)5/h11-12H,6-10H2,1-5H3. The second-order valence-corrected chi connectivity index (χ2v) is 6.55. The SMILES string of the molecule is CC(C)CCn1nncc1CCCC(C)(C)C. The molecule has 0 spiro atoms. The molecule has 1 aromatic heterocycles. The molecule has 0 bridgehead atoms. The Labute approximate surface area is 106 Å². The lowest BCUT2D eigenvalue weighted by atomic mass is 9.89. The van der Waals surface area contributed by atoms with Crippen LogP contribution in [0.5, 0.6) is 0 Å². The van der Waals surface area contributed by atoms with E-state index in [2.05, 4.69) is 49.6 Å². The Bertz CT molecular complexity index is 320. The van der Waals surface area contributed by atoms with Crippen LogP contribution in [0.4, 0.5) is 0 Å². The van der Waals surface area contributed by atoms with Crippen molar-refractivity contribution in [1.82, 2.24) is 15.0 Å². The van der Waals surface area contributed by atoms with Gasteiger partial charge in [0.1, 0.15) is 0 Å². The van der Waals surface area contributed by atoms with Gasteiger partial charge in [0, 0.05) is 6.54 Å². The molecule has 0 atom stereocenters. The van der Waals surface area contributed by atoms with E-state index >= 15 is 0 Å². The maximum absolute atomic E-state index is 4.17. The van der Waals surface area contributed by atoms with Gasteiger partial charge < -0.3 is 0 Å². The fourth-order valence-electron chi connectivity index (χ4n) is 1.84. The fourth-order valence-corrected chi connectivity index (χ4v) is 1.84. The highest BCUT2D eigenvalue weighted by molar-refractivity contribution is 4.94. The first-order chi connectivity index (χ1) is 7.88. The molecule has 0 fully saturated rings. The minimum Gasteiger partial charge on any atom is -0.249 e. The van der Waals surface area contributed by atoms with Gasteiger partial charge in [-0.3, -0.25) is 0 Å². The van der Waals surface area contributed by atoms with E-state index in [1.807, 2.05) is 6.20 Å². The largest absolute Gasteiger partial charge is 0.249 e. The van der Waals surface area contributed by atoms with Crippen LogP contribution in [0.15, 0.2) is 6.20 Å². The predicted molar refractivity (Wildman–Crippen MR) is 71.9 cm³/mol. The van der Waals surface area contributed by atoms with Gasteiger partial charge in [0.25, 0.3) is 0 Å². The summed E-state index contributed by atoms with van der Waals surface area (Å²) in [6, 6.07) is 0. The molecule has 3 heteroatoms. The van der Waals surface area contributed by atoms with Crippen molar-refractivity contribution in [2.24, 2.45) is 11.3 Å². The highest BCUT2D eigenvalue weighted by Gasteiger charge is 2.11. The summed E-state index contributed by atoms with van der Waals surface area (Å²) in [5.74, 6) is 0.724. The summed E-state index contributed by atoms with van der Waals surface area (Å²) in [6.45, 7) is 12.4. The monoisotopic (exact) mass is 237 g/mol. The minimum atomic E-state index is 0.427. The van der Waals surface area contributed by atoms with E-state index in [0.717, 1.165) is 18.9 Å². The molecule has 0 amide bonds. The average molecular weight is 237 g/mol. The Morgan fingerprint density at radius 2 is 2.00 bits per heavy atom. The van der Waals surface area contributed by atoms with E-state index in [4.69, 9.17) is 0 Å². The molecule has 1 rings (SSSR count). The Morgan fingerprint density at radius 3 is 2.59 bits per heavy atom. The lowest BCUT2D eigenvalue weighted by Crippen LogP contribution is -2.09. The van der Waals surface area contributed by atoms with Crippen molar-refractivity contribution < 1.29 is 0 Å². The molecule has 0 saturated carbocycles. The summed E-state index contributed by atoms with van der Waals surface area (Å²) in [6.07, 6.45) is 6.67. The predicted octanol–water partition coefficient (Wildman–Crippen LogP) is 3.69. The van der Waals surface area contributed by atoms with E-state index in [9.17, 15) is 0 Å². The van der Waals surface area contributed by atoms with E-state index in [1.54, 1.807) is 0 Å². The van der Waals surface area contributed by atoms with Crippen LogP contribution in [0.1, 0.15) is 59.6 Å². The van der Waals surface area contributed by atoms with Crippen molar-refractivity contribution in [3.63, 3.8) is 0 Å². The smallest absolute Gasteiger partial charge is 0.0725 e. The maximum Gasteiger partial charge on any atom is 0.0725 e. The van der Waals surface area contributed by atoms with E-state index in [1.165, 1.54) is 25.0 Å². The third kappa shape index (κ3) is 5.85. The van der Waals surface area contributed by atoms with Crippen molar-refractivity contribution in [2.75, 3.05) is 0 Å². The van der Waals surface area contributed by atoms with Gasteiger partial charge in [-0.15, -0.1) is 5.10 Å². The molecule has 0 aliphatic heterocycles. The molecule has 98 valence electrons. The van der Waals surface area contributed by atoms with Crippen LogP contribution in [0, 0.1) is 11.3 Å². The van der Waals surface area contributed by atoms with E-state index in [0.29, 0.717) is 5.41 Å². The Morgan fingerprint density at radius 1 is 1.29 bits per heavy atom. The van der Waals surface area contributed by atoms with Crippen LogP contribution in [-0.2, 0) is 13.0 Å². The van der Waals surface area contributed by atoms with Gasteiger partial charge in [0.2, 0.25) is 0 Å². The molecule has 0 N–H and O–H groups in total. The highest BCUT2D eigenvalue weighted by atomic mass is 15.4. The molecule has 0 radical (unpaired) electrons. The van der Waals surface area contributed by atoms with Gasteiger partial charge in [0.15, 0.2) is 0 Å². The molecular weight excluding hydrogens is 210 g/mol. The van der Waals surface area contributed by atoms with Gasteiger partial charge in [-0.2, -0.15) is 0 Å². The first kappa shape index (κ1) is 14.2. The first-order valence-electron chi connectivity index (χ1n) is 6.76. The lowest BCUT2D eigenvalue weighted by molar-refractivity contribution is 0.362. The van der Waals surface area contributed by atoms with Crippen molar-refractivity contribution in [1.29, 1.82) is 0 Å². The Hall–Kier alpha value is -0.860. The van der Waals surface area contributed by atoms with E-state index < -0.39 is 0 Å². The first-order valence-corrected chi connectivity index (χ1v) is 6.76. The summed E-state index contributed by atoms with van der Waals surface area (Å²) in [7, 11) is 0. The van der Waals surface area contributed by atoms with Crippen LogP contribution in [0.3, 0.4) is 0 Å². The van der Waals surface area contributed by atoms with Crippen molar-refractivity contribution in [2.45, 2.75) is 66.8 Å². The molecule has 0 aromatic carbocycles. The van der Waals surface area contributed by atoms with Crippen LogP contribution in [0.2, 0.25) is 0 Å². The summed E-state index contributed by atoms with van der Waals surface area (Å²) in [5, 5.41) is 8.20. The zero-order valence-electron chi connectivity index (χ0n) is 12.0. The number of aromatic nitrogens is 3. The average Bonchev–Trinajstić information content (AvgIpc) is 2.60. The molecule has 17 heavy (non-hydrogen) atoms. The molecule has 1 heterocycles. The van der Waals surface area contributed by atoms with Crippen molar-refractivity contribution >= 4 is 0 Å².